The van der Waals surface area contributed by atoms with Crippen molar-refractivity contribution < 1.29 is 13.2 Å². The summed E-state index contributed by atoms with van der Waals surface area (Å²) < 4.78 is 26.4. The molecular formula is C20H16Cl2N2O3S. The molecule has 1 unspecified atom stereocenters. The van der Waals surface area contributed by atoms with Crippen LogP contribution in [0.1, 0.15) is 21.2 Å². The summed E-state index contributed by atoms with van der Waals surface area (Å²) in [5, 5.41) is 2.53. The van der Waals surface area contributed by atoms with Crippen LogP contribution >= 0.6 is 23.2 Å². The SMILES string of the molecule is O=C(NCC(c1cccnc1)S(=O)(=O)c1ccc(Cl)cc1)c1cccc(Cl)c1. The van der Waals surface area contributed by atoms with Crippen molar-refractivity contribution >= 4 is 38.9 Å². The zero-order valence-electron chi connectivity index (χ0n) is 14.5. The van der Waals surface area contributed by atoms with Gasteiger partial charge in [-0.25, -0.2) is 8.42 Å². The van der Waals surface area contributed by atoms with E-state index < -0.39 is 21.0 Å². The summed E-state index contributed by atoms with van der Waals surface area (Å²) >= 11 is 11.8. The van der Waals surface area contributed by atoms with Gasteiger partial charge in [0.1, 0.15) is 5.25 Å². The molecule has 8 heteroatoms. The van der Waals surface area contributed by atoms with Gasteiger partial charge in [-0.3, -0.25) is 9.78 Å². The summed E-state index contributed by atoms with van der Waals surface area (Å²) in [6.07, 6.45) is 3.03. The van der Waals surface area contributed by atoms with Gasteiger partial charge in [-0.1, -0.05) is 35.3 Å². The first-order valence-corrected chi connectivity index (χ1v) is 10.6. The molecule has 3 aromatic rings. The molecule has 0 saturated carbocycles. The van der Waals surface area contributed by atoms with E-state index in [4.69, 9.17) is 23.2 Å². The van der Waals surface area contributed by atoms with E-state index in [1.165, 1.54) is 36.5 Å². The molecule has 28 heavy (non-hydrogen) atoms. The first kappa shape index (κ1) is 20.3. The molecule has 1 aromatic heterocycles. The minimum atomic E-state index is -3.80. The number of aromatic nitrogens is 1. The number of hydrogen-bond acceptors (Lipinski definition) is 4. The lowest BCUT2D eigenvalue weighted by Crippen LogP contribution is -2.32. The van der Waals surface area contributed by atoms with E-state index >= 15 is 0 Å². The van der Waals surface area contributed by atoms with Gasteiger partial charge >= 0.3 is 0 Å². The zero-order chi connectivity index (χ0) is 20.1. The van der Waals surface area contributed by atoms with Gasteiger partial charge in [0, 0.05) is 34.5 Å². The number of carbonyl (C=O) groups is 1. The Morgan fingerprint density at radius 1 is 1.00 bits per heavy atom. The van der Waals surface area contributed by atoms with Crippen molar-refractivity contribution in [2.24, 2.45) is 0 Å². The topological polar surface area (TPSA) is 76.1 Å². The van der Waals surface area contributed by atoms with E-state index in [1.807, 2.05) is 0 Å². The van der Waals surface area contributed by atoms with Crippen LogP contribution in [0.5, 0.6) is 0 Å². The minimum absolute atomic E-state index is 0.114. The summed E-state index contributed by atoms with van der Waals surface area (Å²) in [7, 11) is -3.80. The maximum Gasteiger partial charge on any atom is 0.251 e. The van der Waals surface area contributed by atoms with Crippen LogP contribution in [0.4, 0.5) is 0 Å². The molecule has 0 saturated heterocycles. The summed E-state index contributed by atoms with van der Waals surface area (Å²) in [5.41, 5.74) is 0.824. The van der Waals surface area contributed by atoms with Crippen molar-refractivity contribution in [3.05, 3.63) is 94.2 Å². The summed E-state index contributed by atoms with van der Waals surface area (Å²) in [6, 6.07) is 15.7. The molecule has 0 aliphatic rings. The van der Waals surface area contributed by atoms with Crippen molar-refractivity contribution in [2.45, 2.75) is 10.1 Å². The first-order chi connectivity index (χ1) is 13.4. The Morgan fingerprint density at radius 3 is 2.39 bits per heavy atom. The van der Waals surface area contributed by atoms with E-state index in [9.17, 15) is 13.2 Å². The summed E-state index contributed by atoms with van der Waals surface area (Å²) in [5.74, 6) is -0.414. The van der Waals surface area contributed by atoms with Gasteiger partial charge in [0.15, 0.2) is 9.84 Å². The second-order valence-electron chi connectivity index (χ2n) is 5.99. The lowest BCUT2D eigenvalue weighted by molar-refractivity contribution is 0.0953. The number of nitrogens with zero attached hydrogens (tertiary/aromatic N) is 1. The molecule has 1 N–H and O–H groups in total. The van der Waals surface area contributed by atoms with Crippen molar-refractivity contribution in [2.75, 3.05) is 6.54 Å². The van der Waals surface area contributed by atoms with Gasteiger partial charge in [0.2, 0.25) is 0 Å². The number of carbonyl (C=O) groups excluding carboxylic acids is 1. The van der Waals surface area contributed by atoms with Gasteiger partial charge < -0.3 is 5.32 Å². The monoisotopic (exact) mass is 434 g/mol. The van der Waals surface area contributed by atoms with Gasteiger partial charge in [0.05, 0.1) is 4.90 Å². The predicted octanol–water partition coefficient (Wildman–Crippen LogP) is 4.33. The number of pyridine rings is 1. The van der Waals surface area contributed by atoms with Crippen LogP contribution in [0, 0.1) is 0 Å². The highest BCUT2D eigenvalue weighted by Gasteiger charge is 2.30. The Hall–Kier alpha value is -2.41. The van der Waals surface area contributed by atoms with Gasteiger partial charge in [0.25, 0.3) is 5.91 Å². The second-order valence-corrected chi connectivity index (χ2v) is 9.00. The molecule has 5 nitrogen and oxygen atoms in total. The van der Waals surface area contributed by atoms with E-state index in [-0.39, 0.29) is 11.4 Å². The van der Waals surface area contributed by atoms with Crippen LogP contribution in [0.3, 0.4) is 0 Å². The molecule has 144 valence electrons. The molecule has 0 aliphatic heterocycles. The van der Waals surface area contributed by atoms with E-state index in [0.29, 0.717) is 21.2 Å². The predicted molar refractivity (Wildman–Crippen MR) is 109 cm³/mol. The van der Waals surface area contributed by atoms with Crippen molar-refractivity contribution in [3.63, 3.8) is 0 Å². The summed E-state index contributed by atoms with van der Waals surface area (Å²) in [6.45, 7) is -0.123. The molecule has 0 spiro atoms. The molecule has 0 aliphatic carbocycles. The Morgan fingerprint density at radius 2 is 1.75 bits per heavy atom. The van der Waals surface area contributed by atoms with E-state index in [2.05, 4.69) is 10.3 Å². The van der Waals surface area contributed by atoms with Crippen LogP contribution in [0.2, 0.25) is 10.0 Å². The van der Waals surface area contributed by atoms with Crippen LogP contribution in [0.15, 0.2) is 78.0 Å². The molecule has 0 radical (unpaired) electrons. The quantitative estimate of drug-likeness (QED) is 0.625. The van der Waals surface area contributed by atoms with Crippen LogP contribution in [-0.4, -0.2) is 25.9 Å². The Balaban J connectivity index is 1.90. The molecule has 1 heterocycles. The second kappa shape index (κ2) is 8.73. The maximum absolute atomic E-state index is 13.2. The first-order valence-electron chi connectivity index (χ1n) is 8.31. The number of amides is 1. The van der Waals surface area contributed by atoms with Crippen LogP contribution in [0.25, 0.3) is 0 Å². The smallest absolute Gasteiger partial charge is 0.251 e. The van der Waals surface area contributed by atoms with E-state index in [1.54, 1.807) is 36.5 Å². The van der Waals surface area contributed by atoms with Crippen LogP contribution in [-0.2, 0) is 9.84 Å². The Bertz CT molecular complexity index is 1070. The van der Waals surface area contributed by atoms with Gasteiger partial charge in [-0.15, -0.1) is 0 Å². The fourth-order valence-electron chi connectivity index (χ4n) is 2.68. The fourth-order valence-corrected chi connectivity index (χ4v) is 4.64. The average Bonchev–Trinajstić information content (AvgIpc) is 2.69. The number of hydrogen-bond donors (Lipinski definition) is 1. The number of benzene rings is 2. The van der Waals surface area contributed by atoms with Gasteiger partial charge in [-0.2, -0.15) is 0 Å². The zero-order valence-corrected chi connectivity index (χ0v) is 16.9. The highest BCUT2D eigenvalue weighted by molar-refractivity contribution is 7.91. The third-order valence-corrected chi connectivity index (χ3v) is 6.71. The average molecular weight is 435 g/mol. The molecule has 1 amide bonds. The fraction of sp³-hybridized carbons (Fsp3) is 0.100. The molecular weight excluding hydrogens is 419 g/mol. The molecule has 0 bridgehead atoms. The van der Waals surface area contributed by atoms with E-state index in [0.717, 1.165) is 0 Å². The van der Waals surface area contributed by atoms with Gasteiger partial charge in [-0.05, 0) is 54.1 Å². The van der Waals surface area contributed by atoms with Crippen molar-refractivity contribution in [3.8, 4) is 0 Å². The summed E-state index contributed by atoms with van der Waals surface area (Å²) in [4.78, 5) is 16.6. The standard InChI is InChI=1S/C20H16Cl2N2O3S/c21-16-6-8-18(9-7-16)28(26,27)19(15-4-2-10-23-12-15)13-24-20(25)14-3-1-5-17(22)11-14/h1-12,19H,13H2,(H,24,25). The number of rotatable bonds is 6. The molecule has 1 atom stereocenters. The Kier molecular flexibility index (Phi) is 6.34. The molecule has 3 rings (SSSR count). The number of halogens is 2. The largest absolute Gasteiger partial charge is 0.350 e. The third-order valence-electron chi connectivity index (χ3n) is 4.11. The number of nitrogens with one attached hydrogen (secondary N) is 1. The highest BCUT2D eigenvalue weighted by Crippen LogP contribution is 2.29. The van der Waals surface area contributed by atoms with Crippen molar-refractivity contribution in [1.82, 2.24) is 10.3 Å². The lowest BCUT2D eigenvalue weighted by atomic mass is 10.2. The maximum atomic E-state index is 13.2. The minimum Gasteiger partial charge on any atom is -0.350 e. The lowest BCUT2D eigenvalue weighted by Gasteiger charge is -2.19. The van der Waals surface area contributed by atoms with Crippen molar-refractivity contribution in [1.29, 1.82) is 0 Å². The highest BCUT2D eigenvalue weighted by atomic mass is 35.5. The third kappa shape index (κ3) is 4.70. The normalized spacial score (nSPS) is 12.4. The number of sulfone groups is 1. The Labute approximate surface area is 173 Å². The molecule has 2 aromatic carbocycles. The molecule has 0 fully saturated rings. The van der Waals surface area contributed by atoms with Crippen LogP contribution < -0.4 is 5.32 Å².